The van der Waals surface area contributed by atoms with E-state index in [1.807, 2.05) is 16.7 Å². The maximum Gasteiger partial charge on any atom is 0.387 e. The van der Waals surface area contributed by atoms with E-state index in [4.69, 9.17) is 4.74 Å². The van der Waals surface area contributed by atoms with Crippen LogP contribution in [0.25, 0.3) is 0 Å². The zero-order valence-electron chi connectivity index (χ0n) is 17.9. The zero-order chi connectivity index (χ0) is 22.6. The first-order chi connectivity index (χ1) is 14.9. The van der Waals surface area contributed by atoms with Gasteiger partial charge in [-0.3, -0.25) is 9.69 Å². The van der Waals surface area contributed by atoms with Crippen molar-refractivity contribution in [3.8, 4) is 5.75 Å². The third kappa shape index (κ3) is 8.25. The lowest BCUT2D eigenvalue weighted by atomic mass is 10.2. The highest BCUT2D eigenvalue weighted by Crippen LogP contribution is 2.24. The maximum atomic E-state index is 14.2. The predicted octanol–water partition coefficient (Wildman–Crippen LogP) is 1.27. The SMILES string of the molecule is CCNC(=NCc1c(F)cccc1OC(F)F)N1CCN(CC(=O)NCCOC)CC1. The number of piperazine rings is 1. The Morgan fingerprint density at radius 2 is 1.97 bits per heavy atom. The number of aliphatic imine (C=N–C) groups is 1. The smallest absolute Gasteiger partial charge is 0.387 e. The van der Waals surface area contributed by atoms with E-state index in [9.17, 15) is 18.0 Å². The number of amides is 1. The molecule has 0 aliphatic carbocycles. The van der Waals surface area contributed by atoms with Gasteiger partial charge >= 0.3 is 6.61 Å². The number of ether oxygens (including phenoxy) is 2. The highest BCUT2D eigenvalue weighted by atomic mass is 19.3. The first kappa shape index (κ1) is 24.7. The Morgan fingerprint density at radius 1 is 1.23 bits per heavy atom. The Hall–Kier alpha value is -2.53. The first-order valence-electron chi connectivity index (χ1n) is 10.2. The van der Waals surface area contributed by atoms with E-state index < -0.39 is 12.4 Å². The van der Waals surface area contributed by atoms with Crippen molar-refractivity contribution in [1.82, 2.24) is 20.4 Å². The van der Waals surface area contributed by atoms with Gasteiger partial charge in [-0.2, -0.15) is 8.78 Å². The summed E-state index contributed by atoms with van der Waals surface area (Å²) in [5, 5.41) is 5.94. The van der Waals surface area contributed by atoms with Crippen LogP contribution >= 0.6 is 0 Å². The quantitative estimate of drug-likeness (QED) is 0.321. The number of guanidine groups is 1. The fourth-order valence-electron chi connectivity index (χ4n) is 3.15. The van der Waals surface area contributed by atoms with Crippen LogP contribution in [0.3, 0.4) is 0 Å². The van der Waals surface area contributed by atoms with E-state index in [1.54, 1.807) is 7.11 Å². The summed E-state index contributed by atoms with van der Waals surface area (Å²) in [5.41, 5.74) is -0.0235. The molecule has 1 amide bonds. The second-order valence-corrected chi connectivity index (χ2v) is 6.87. The molecule has 11 heteroatoms. The minimum atomic E-state index is -3.04. The van der Waals surface area contributed by atoms with Crippen molar-refractivity contribution < 1.29 is 27.4 Å². The van der Waals surface area contributed by atoms with Crippen LogP contribution in [0.2, 0.25) is 0 Å². The minimum absolute atomic E-state index is 0.0235. The van der Waals surface area contributed by atoms with E-state index in [-0.39, 0.29) is 23.8 Å². The fraction of sp³-hybridized carbons (Fsp3) is 0.600. The van der Waals surface area contributed by atoms with Crippen molar-refractivity contribution in [3.05, 3.63) is 29.6 Å². The van der Waals surface area contributed by atoms with Gasteiger partial charge in [0.2, 0.25) is 5.91 Å². The highest BCUT2D eigenvalue weighted by Gasteiger charge is 2.21. The van der Waals surface area contributed by atoms with Gasteiger partial charge in [-0.05, 0) is 19.1 Å². The maximum absolute atomic E-state index is 14.2. The summed E-state index contributed by atoms with van der Waals surface area (Å²) in [4.78, 5) is 20.4. The molecule has 2 rings (SSSR count). The van der Waals surface area contributed by atoms with Crippen LogP contribution in [0.1, 0.15) is 12.5 Å². The van der Waals surface area contributed by atoms with Crippen LogP contribution in [0.5, 0.6) is 5.75 Å². The number of hydrogen-bond acceptors (Lipinski definition) is 5. The number of carbonyl (C=O) groups excluding carboxylic acids is 1. The number of hydrogen-bond donors (Lipinski definition) is 2. The van der Waals surface area contributed by atoms with Crippen LogP contribution in [-0.2, 0) is 16.1 Å². The fourth-order valence-corrected chi connectivity index (χ4v) is 3.15. The monoisotopic (exact) mass is 445 g/mol. The lowest BCUT2D eigenvalue weighted by molar-refractivity contribution is -0.122. The second kappa shape index (κ2) is 13.0. The largest absolute Gasteiger partial charge is 0.434 e. The Morgan fingerprint density at radius 3 is 2.61 bits per heavy atom. The molecule has 0 aromatic heterocycles. The average Bonchev–Trinajstić information content (AvgIpc) is 2.73. The summed E-state index contributed by atoms with van der Waals surface area (Å²) in [5.74, 6) is -0.379. The lowest BCUT2D eigenvalue weighted by Gasteiger charge is -2.36. The zero-order valence-corrected chi connectivity index (χ0v) is 17.9. The number of rotatable bonds is 10. The van der Waals surface area contributed by atoms with Crippen LogP contribution < -0.4 is 15.4 Å². The van der Waals surface area contributed by atoms with Gasteiger partial charge in [-0.25, -0.2) is 9.38 Å². The molecule has 0 atom stereocenters. The Bertz CT molecular complexity index is 728. The van der Waals surface area contributed by atoms with Gasteiger partial charge in [0.25, 0.3) is 0 Å². The van der Waals surface area contributed by atoms with Crippen molar-refractivity contribution in [1.29, 1.82) is 0 Å². The van der Waals surface area contributed by atoms with Crippen molar-refractivity contribution in [2.75, 3.05) is 59.5 Å². The molecule has 2 N–H and O–H groups in total. The summed E-state index contributed by atoms with van der Waals surface area (Å²) < 4.78 is 48.7. The summed E-state index contributed by atoms with van der Waals surface area (Å²) in [6, 6.07) is 3.80. The standard InChI is InChI=1S/C20H30F3N5O3/c1-3-24-20(26-13-15-16(21)5-4-6-17(15)31-19(22)23)28-10-8-27(9-11-28)14-18(29)25-7-12-30-2/h4-6,19H,3,7-14H2,1-2H3,(H,24,26)(H,25,29). The predicted molar refractivity (Wildman–Crippen MR) is 111 cm³/mol. The number of nitrogens with one attached hydrogen (secondary N) is 2. The topological polar surface area (TPSA) is 78.4 Å². The molecule has 1 heterocycles. The Balaban J connectivity index is 1.96. The van der Waals surface area contributed by atoms with Gasteiger partial charge < -0.3 is 25.0 Å². The van der Waals surface area contributed by atoms with E-state index in [0.717, 1.165) is 0 Å². The number of methoxy groups -OCH3 is 1. The van der Waals surface area contributed by atoms with Crippen molar-refractivity contribution >= 4 is 11.9 Å². The number of benzene rings is 1. The highest BCUT2D eigenvalue weighted by molar-refractivity contribution is 5.80. The van der Waals surface area contributed by atoms with Crippen LogP contribution in [0.15, 0.2) is 23.2 Å². The number of carbonyl (C=O) groups is 1. The lowest BCUT2D eigenvalue weighted by Crippen LogP contribution is -2.54. The molecule has 31 heavy (non-hydrogen) atoms. The Kier molecular flexibility index (Phi) is 10.4. The van der Waals surface area contributed by atoms with Gasteiger partial charge in [0.15, 0.2) is 5.96 Å². The molecular formula is C20H30F3N5O3. The molecule has 0 bridgehead atoms. The molecule has 0 saturated carbocycles. The van der Waals surface area contributed by atoms with Gasteiger partial charge in [-0.15, -0.1) is 0 Å². The van der Waals surface area contributed by atoms with E-state index in [2.05, 4.69) is 20.4 Å². The van der Waals surface area contributed by atoms with Crippen molar-refractivity contribution in [3.63, 3.8) is 0 Å². The number of alkyl halides is 2. The minimum Gasteiger partial charge on any atom is -0.434 e. The second-order valence-electron chi connectivity index (χ2n) is 6.87. The number of halogens is 3. The van der Waals surface area contributed by atoms with Gasteiger partial charge in [0, 0.05) is 46.4 Å². The van der Waals surface area contributed by atoms with Gasteiger partial charge in [0.05, 0.1) is 25.3 Å². The molecule has 1 aromatic carbocycles. The third-order valence-electron chi connectivity index (χ3n) is 4.68. The molecule has 174 valence electrons. The van der Waals surface area contributed by atoms with Gasteiger partial charge in [-0.1, -0.05) is 6.07 Å². The van der Waals surface area contributed by atoms with E-state index >= 15 is 0 Å². The van der Waals surface area contributed by atoms with E-state index in [1.165, 1.54) is 18.2 Å². The molecule has 0 spiro atoms. The molecular weight excluding hydrogens is 415 g/mol. The molecule has 0 unspecified atom stereocenters. The van der Waals surface area contributed by atoms with Crippen molar-refractivity contribution in [2.24, 2.45) is 4.99 Å². The first-order valence-corrected chi connectivity index (χ1v) is 10.2. The van der Waals surface area contributed by atoms with Crippen LogP contribution in [0, 0.1) is 5.82 Å². The van der Waals surface area contributed by atoms with Crippen molar-refractivity contribution in [2.45, 2.75) is 20.1 Å². The third-order valence-corrected chi connectivity index (χ3v) is 4.68. The summed E-state index contributed by atoms with van der Waals surface area (Å²) in [6.45, 7) is 3.11. The average molecular weight is 445 g/mol. The molecule has 1 fully saturated rings. The molecule has 1 aliphatic rings. The number of nitrogens with zero attached hydrogens (tertiary/aromatic N) is 3. The molecule has 0 radical (unpaired) electrons. The molecule has 1 saturated heterocycles. The molecule has 1 aromatic rings. The molecule has 8 nitrogen and oxygen atoms in total. The Labute approximate surface area is 180 Å². The van der Waals surface area contributed by atoms with E-state index in [0.29, 0.717) is 58.4 Å². The van der Waals surface area contributed by atoms with Crippen LogP contribution in [0.4, 0.5) is 13.2 Å². The molecule has 1 aliphatic heterocycles. The summed E-state index contributed by atoms with van der Waals surface area (Å²) in [6.07, 6.45) is 0. The normalized spacial score (nSPS) is 15.3. The van der Waals surface area contributed by atoms with Gasteiger partial charge in [0.1, 0.15) is 11.6 Å². The summed E-state index contributed by atoms with van der Waals surface area (Å²) >= 11 is 0. The van der Waals surface area contributed by atoms with Crippen LogP contribution in [-0.4, -0.2) is 87.8 Å². The summed E-state index contributed by atoms with van der Waals surface area (Å²) in [7, 11) is 1.58.